The smallest absolute Gasteiger partial charge is 0.433 e. The Balaban J connectivity index is 2.15. The maximum atomic E-state index is 11.0. The number of hydrogen-bond donors (Lipinski definition) is 1. The van der Waals surface area contributed by atoms with E-state index in [1.165, 1.54) is 0 Å². The molecule has 1 saturated heterocycles. The van der Waals surface area contributed by atoms with Crippen molar-refractivity contribution in [3.05, 3.63) is 0 Å². The van der Waals surface area contributed by atoms with Gasteiger partial charge in [0.2, 0.25) is 0 Å². The minimum absolute atomic E-state index is 0.123. The maximum absolute atomic E-state index is 11.0. The van der Waals surface area contributed by atoms with E-state index in [0.717, 1.165) is 0 Å². The minimum Gasteiger partial charge on any atom is -0.446 e. The molecule has 1 aliphatic rings. The summed E-state index contributed by atoms with van der Waals surface area (Å²) in [5.74, 6) is 0. The van der Waals surface area contributed by atoms with Gasteiger partial charge in [0.1, 0.15) is 6.61 Å². The summed E-state index contributed by atoms with van der Waals surface area (Å²) in [4.78, 5) is 26.1. The number of rotatable bonds is 3. The van der Waals surface area contributed by atoms with E-state index >= 15 is 0 Å². The van der Waals surface area contributed by atoms with Crippen molar-refractivity contribution in [1.82, 2.24) is 10.2 Å². The summed E-state index contributed by atoms with van der Waals surface area (Å²) in [6.45, 7) is 4.86. The van der Waals surface area contributed by atoms with Crippen molar-refractivity contribution in [1.29, 1.82) is 0 Å². The lowest BCUT2D eigenvalue weighted by molar-refractivity contribution is 0.144. The van der Waals surface area contributed by atoms with Crippen molar-refractivity contribution in [2.45, 2.75) is 0 Å². The molecule has 0 unspecified atom stereocenters. The van der Waals surface area contributed by atoms with Gasteiger partial charge in [0.25, 0.3) is 0 Å². The summed E-state index contributed by atoms with van der Waals surface area (Å²) in [7, 11) is 0. The molecule has 6 heteroatoms. The Morgan fingerprint density at radius 1 is 1.77 bits per heavy atom. The number of nitrogens with one attached hydrogen (secondary N) is 1. The topological polar surface area (TPSA) is 71.0 Å². The van der Waals surface area contributed by atoms with Gasteiger partial charge < -0.3 is 15.0 Å². The van der Waals surface area contributed by atoms with Crippen LogP contribution in [0.2, 0.25) is 0 Å². The predicted octanol–water partition coefficient (Wildman–Crippen LogP) is -0.151. The Kier molecular flexibility index (Phi) is 3.24. The number of aliphatic imine (C=N–C) groups is 1. The first-order valence-corrected chi connectivity index (χ1v) is 3.90. The molecule has 0 bridgehead atoms. The van der Waals surface area contributed by atoms with Crippen molar-refractivity contribution in [2.75, 3.05) is 26.2 Å². The number of nitrogens with zero attached hydrogens (tertiary/aromatic N) is 2. The van der Waals surface area contributed by atoms with Gasteiger partial charge in [-0.05, 0) is 6.72 Å². The third kappa shape index (κ3) is 2.73. The molecule has 0 atom stereocenters. The lowest BCUT2D eigenvalue weighted by Crippen LogP contribution is -2.31. The number of ether oxygens (including phenoxy) is 1. The highest BCUT2D eigenvalue weighted by atomic mass is 16.5. The molecule has 1 aliphatic heterocycles. The summed E-state index contributed by atoms with van der Waals surface area (Å²) >= 11 is 0. The van der Waals surface area contributed by atoms with Gasteiger partial charge in [-0.25, -0.2) is 9.59 Å². The molecule has 72 valence electrons. The largest absolute Gasteiger partial charge is 0.446 e. The summed E-state index contributed by atoms with van der Waals surface area (Å²) in [5, 5.41) is 2.63. The van der Waals surface area contributed by atoms with Gasteiger partial charge >= 0.3 is 12.1 Å². The van der Waals surface area contributed by atoms with E-state index in [1.807, 2.05) is 0 Å². The summed E-state index contributed by atoms with van der Waals surface area (Å²) in [6.07, 6.45) is -0.709. The second-order valence-corrected chi connectivity index (χ2v) is 2.49. The Labute approximate surface area is 75.6 Å². The quantitative estimate of drug-likeness (QED) is 0.621. The lowest BCUT2D eigenvalue weighted by Gasteiger charge is -2.12. The van der Waals surface area contributed by atoms with E-state index < -0.39 is 6.09 Å². The normalized spacial score (nSPS) is 15.4. The fourth-order valence-electron chi connectivity index (χ4n) is 1.01. The van der Waals surface area contributed by atoms with Gasteiger partial charge in [0.05, 0.1) is 6.54 Å². The van der Waals surface area contributed by atoms with E-state index in [2.05, 4.69) is 21.8 Å². The Morgan fingerprint density at radius 3 is 3.08 bits per heavy atom. The van der Waals surface area contributed by atoms with Crippen LogP contribution in [0.1, 0.15) is 0 Å². The molecule has 6 nitrogen and oxygen atoms in total. The number of amides is 3. The second kappa shape index (κ2) is 4.44. The Bertz CT molecular complexity index is 229. The molecular formula is C7H11N3O3. The van der Waals surface area contributed by atoms with Crippen molar-refractivity contribution in [2.24, 2.45) is 4.99 Å². The molecular weight excluding hydrogens is 174 g/mol. The van der Waals surface area contributed by atoms with Crippen molar-refractivity contribution >= 4 is 18.8 Å². The molecule has 13 heavy (non-hydrogen) atoms. The van der Waals surface area contributed by atoms with E-state index in [-0.39, 0.29) is 12.6 Å². The van der Waals surface area contributed by atoms with Crippen molar-refractivity contribution in [3.63, 3.8) is 0 Å². The minimum atomic E-state index is -0.709. The molecule has 0 radical (unpaired) electrons. The van der Waals surface area contributed by atoms with E-state index in [4.69, 9.17) is 0 Å². The molecule has 1 heterocycles. The third-order valence-electron chi connectivity index (χ3n) is 1.66. The summed E-state index contributed by atoms with van der Waals surface area (Å²) in [6, 6.07) is -0.123. The number of carbonyl (C=O) groups excluding carboxylic acids is 2. The van der Waals surface area contributed by atoms with Gasteiger partial charge in [-0.2, -0.15) is 4.99 Å². The van der Waals surface area contributed by atoms with Crippen LogP contribution in [0.25, 0.3) is 0 Å². The fraction of sp³-hybridized carbons (Fsp3) is 0.571. The van der Waals surface area contributed by atoms with Crippen LogP contribution in [0.15, 0.2) is 4.99 Å². The molecule has 0 aromatic rings. The van der Waals surface area contributed by atoms with Crippen molar-refractivity contribution in [3.8, 4) is 0 Å². The first kappa shape index (κ1) is 9.50. The van der Waals surface area contributed by atoms with Crippen LogP contribution in [0, 0.1) is 0 Å². The SMILES string of the molecule is C=NC(=O)OCCN1CCNC1=O. The Hall–Kier alpha value is -1.59. The lowest BCUT2D eigenvalue weighted by atomic mass is 10.5. The average molecular weight is 185 g/mol. The first-order chi connectivity index (χ1) is 6.24. The average Bonchev–Trinajstić information content (AvgIpc) is 2.52. The van der Waals surface area contributed by atoms with Crippen LogP contribution >= 0.6 is 0 Å². The number of carbonyl (C=O) groups is 2. The predicted molar refractivity (Wildman–Crippen MR) is 45.9 cm³/mol. The molecule has 0 aromatic heterocycles. The summed E-state index contributed by atoms with van der Waals surface area (Å²) < 4.78 is 4.61. The molecule has 0 saturated carbocycles. The van der Waals surface area contributed by atoms with Gasteiger partial charge in [-0.1, -0.05) is 0 Å². The van der Waals surface area contributed by atoms with Crippen LogP contribution in [-0.2, 0) is 4.74 Å². The van der Waals surface area contributed by atoms with Crippen LogP contribution in [0.5, 0.6) is 0 Å². The van der Waals surface area contributed by atoms with Gasteiger partial charge in [-0.15, -0.1) is 0 Å². The van der Waals surface area contributed by atoms with E-state index in [1.54, 1.807) is 4.90 Å². The monoisotopic (exact) mass is 185 g/mol. The maximum Gasteiger partial charge on any atom is 0.433 e. The van der Waals surface area contributed by atoms with E-state index in [0.29, 0.717) is 19.6 Å². The molecule has 1 rings (SSSR count). The zero-order chi connectivity index (χ0) is 9.68. The highest BCUT2D eigenvalue weighted by Gasteiger charge is 2.18. The molecule has 1 fully saturated rings. The molecule has 3 amide bonds. The standard InChI is InChI=1S/C7H11N3O3/c1-8-7(12)13-5-4-10-3-2-9-6(10)11/h1-5H2,(H,9,11). The van der Waals surface area contributed by atoms with Crippen molar-refractivity contribution < 1.29 is 14.3 Å². The van der Waals surface area contributed by atoms with Gasteiger partial charge in [-0.3, -0.25) is 0 Å². The molecule has 0 spiro atoms. The molecule has 0 aromatic carbocycles. The Morgan fingerprint density at radius 2 is 2.54 bits per heavy atom. The van der Waals surface area contributed by atoms with Gasteiger partial charge in [0, 0.05) is 13.1 Å². The zero-order valence-electron chi connectivity index (χ0n) is 7.15. The molecule has 0 aliphatic carbocycles. The first-order valence-electron chi connectivity index (χ1n) is 3.90. The number of hydrogen-bond acceptors (Lipinski definition) is 3. The zero-order valence-corrected chi connectivity index (χ0v) is 7.15. The third-order valence-corrected chi connectivity index (χ3v) is 1.66. The fourth-order valence-corrected chi connectivity index (χ4v) is 1.01. The van der Waals surface area contributed by atoms with Crippen LogP contribution in [-0.4, -0.2) is 50.0 Å². The van der Waals surface area contributed by atoms with Crippen LogP contribution in [0.3, 0.4) is 0 Å². The number of urea groups is 1. The van der Waals surface area contributed by atoms with Crippen LogP contribution < -0.4 is 5.32 Å². The second-order valence-electron chi connectivity index (χ2n) is 2.49. The van der Waals surface area contributed by atoms with E-state index in [9.17, 15) is 9.59 Å². The highest BCUT2D eigenvalue weighted by molar-refractivity contribution is 5.76. The van der Waals surface area contributed by atoms with Gasteiger partial charge in [0.15, 0.2) is 0 Å². The summed E-state index contributed by atoms with van der Waals surface area (Å²) in [5.41, 5.74) is 0. The van der Waals surface area contributed by atoms with Crippen LogP contribution in [0.4, 0.5) is 9.59 Å². The molecule has 1 N–H and O–H groups in total. The highest BCUT2D eigenvalue weighted by Crippen LogP contribution is 1.95.